The third-order valence-electron chi connectivity index (χ3n) is 4.60. The zero-order chi connectivity index (χ0) is 16.5. The van der Waals surface area contributed by atoms with E-state index in [1.807, 2.05) is 30.5 Å². The van der Waals surface area contributed by atoms with Crippen molar-refractivity contribution in [3.05, 3.63) is 53.8 Å². The summed E-state index contributed by atoms with van der Waals surface area (Å²) in [7, 11) is 2.16. The number of hydrogen-bond acceptors (Lipinski definition) is 4. The Bertz CT molecular complexity index is 867. The molecular weight excluding hydrogens is 320 g/mol. The van der Waals surface area contributed by atoms with Gasteiger partial charge in [-0.25, -0.2) is 0 Å². The van der Waals surface area contributed by atoms with Gasteiger partial charge in [-0.15, -0.1) is 0 Å². The molecule has 0 unspecified atom stereocenters. The van der Waals surface area contributed by atoms with Crippen LogP contribution in [0, 0.1) is 0 Å². The first kappa shape index (κ1) is 15.4. The zero-order valence-corrected chi connectivity index (χ0v) is 14.4. The zero-order valence-electron chi connectivity index (χ0n) is 13.6. The van der Waals surface area contributed by atoms with E-state index in [0.717, 1.165) is 59.0 Å². The first-order valence-corrected chi connectivity index (χ1v) is 8.53. The Labute approximate surface area is 146 Å². The van der Waals surface area contributed by atoms with E-state index in [1.165, 1.54) is 0 Å². The van der Waals surface area contributed by atoms with E-state index in [1.54, 1.807) is 6.20 Å². The van der Waals surface area contributed by atoms with E-state index in [0.29, 0.717) is 0 Å². The number of pyridine rings is 2. The Morgan fingerprint density at radius 2 is 1.79 bits per heavy atom. The van der Waals surface area contributed by atoms with Crippen LogP contribution in [0.5, 0.6) is 0 Å². The largest absolute Gasteiger partial charge is 0.368 e. The van der Waals surface area contributed by atoms with Gasteiger partial charge in [0.1, 0.15) is 0 Å². The van der Waals surface area contributed by atoms with E-state index in [9.17, 15) is 0 Å². The van der Waals surface area contributed by atoms with Gasteiger partial charge >= 0.3 is 0 Å². The van der Waals surface area contributed by atoms with Crippen molar-refractivity contribution in [3.8, 4) is 11.1 Å². The number of halogens is 1. The molecule has 3 aromatic rings. The Hall–Kier alpha value is -2.17. The van der Waals surface area contributed by atoms with Gasteiger partial charge in [-0.05, 0) is 42.9 Å². The van der Waals surface area contributed by atoms with Crippen LogP contribution < -0.4 is 4.90 Å². The molecule has 3 heterocycles. The second-order valence-corrected chi connectivity index (χ2v) is 6.59. The van der Waals surface area contributed by atoms with Crippen LogP contribution in [0.4, 0.5) is 5.69 Å². The van der Waals surface area contributed by atoms with Gasteiger partial charge in [0.05, 0.1) is 21.7 Å². The van der Waals surface area contributed by atoms with Crippen molar-refractivity contribution in [1.82, 2.24) is 14.9 Å². The molecule has 0 saturated carbocycles. The maximum Gasteiger partial charge on any atom is 0.0964 e. The number of fused-ring (bicyclic) bond motifs is 1. The summed E-state index contributed by atoms with van der Waals surface area (Å²) < 4.78 is 0. The average molecular weight is 339 g/mol. The van der Waals surface area contributed by atoms with E-state index in [2.05, 4.69) is 38.9 Å². The minimum atomic E-state index is 0.790. The van der Waals surface area contributed by atoms with Gasteiger partial charge < -0.3 is 9.80 Å². The predicted octanol–water partition coefficient (Wildman–Crippen LogP) is 3.70. The number of nitrogens with zero attached hydrogens (tertiary/aromatic N) is 4. The normalized spacial score (nSPS) is 15.8. The van der Waals surface area contributed by atoms with E-state index in [-0.39, 0.29) is 0 Å². The fourth-order valence-electron chi connectivity index (χ4n) is 3.19. The van der Waals surface area contributed by atoms with Gasteiger partial charge in [-0.3, -0.25) is 9.97 Å². The molecule has 1 aromatic carbocycles. The SMILES string of the molecule is CN1CCN(c2ccc(-c3ccnc4cccnc34)cc2Cl)CC1. The lowest BCUT2D eigenvalue weighted by Gasteiger charge is -2.34. The summed E-state index contributed by atoms with van der Waals surface area (Å²) in [6.45, 7) is 4.15. The molecule has 0 spiro atoms. The maximum atomic E-state index is 6.61. The van der Waals surface area contributed by atoms with E-state index in [4.69, 9.17) is 11.6 Å². The highest BCUT2D eigenvalue weighted by Gasteiger charge is 2.17. The molecule has 2 aromatic heterocycles. The summed E-state index contributed by atoms with van der Waals surface area (Å²) in [6.07, 6.45) is 3.62. The van der Waals surface area contributed by atoms with Gasteiger partial charge in [0.15, 0.2) is 0 Å². The van der Waals surface area contributed by atoms with Gasteiger partial charge in [-0.2, -0.15) is 0 Å². The van der Waals surface area contributed by atoms with Gasteiger partial charge in [0, 0.05) is 44.1 Å². The van der Waals surface area contributed by atoms with Gasteiger partial charge in [0.25, 0.3) is 0 Å². The molecule has 1 fully saturated rings. The highest BCUT2D eigenvalue weighted by atomic mass is 35.5. The van der Waals surface area contributed by atoms with Gasteiger partial charge in [-0.1, -0.05) is 17.7 Å². The number of anilines is 1. The molecule has 0 radical (unpaired) electrons. The molecule has 4 nitrogen and oxygen atoms in total. The van der Waals surface area contributed by atoms with Crippen LogP contribution in [0.15, 0.2) is 48.8 Å². The molecule has 0 amide bonds. The van der Waals surface area contributed by atoms with Crippen LogP contribution in [0.3, 0.4) is 0 Å². The standard InChI is InChI=1S/C19H19ClN4/c1-23-9-11-24(12-10-23)18-5-4-14(13-16(18)20)15-6-8-21-17-3-2-7-22-19(15)17/h2-8,13H,9-12H2,1H3. The number of hydrogen-bond donors (Lipinski definition) is 0. The monoisotopic (exact) mass is 338 g/mol. The van der Waals surface area contributed by atoms with Crippen LogP contribution in [0.25, 0.3) is 22.2 Å². The quantitative estimate of drug-likeness (QED) is 0.713. The lowest BCUT2D eigenvalue weighted by molar-refractivity contribution is 0.313. The summed E-state index contributed by atoms with van der Waals surface area (Å²) in [5, 5.41) is 0.790. The molecule has 0 aliphatic carbocycles. The number of rotatable bonds is 2. The van der Waals surface area contributed by atoms with Crippen LogP contribution in [0.2, 0.25) is 5.02 Å². The Morgan fingerprint density at radius 1 is 0.958 bits per heavy atom. The van der Waals surface area contributed by atoms with Crippen molar-refractivity contribution in [2.24, 2.45) is 0 Å². The molecule has 1 saturated heterocycles. The molecule has 122 valence electrons. The van der Waals surface area contributed by atoms with Crippen LogP contribution >= 0.6 is 11.6 Å². The summed E-state index contributed by atoms with van der Waals surface area (Å²) in [4.78, 5) is 13.6. The average Bonchev–Trinajstić information content (AvgIpc) is 2.62. The Balaban J connectivity index is 1.71. The van der Waals surface area contributed by atoms with Crippen molar-refractivity contribution in [2.45, 2.75) is 0 Å². The lowest BCUT2D eigenvalue weighted by Crippen LogP contribution is -2.44. The molecule has 0 bridgehead atoms. The lowest BCUT2D eigenvalue weighted by atomic mass is 10.0. The molecule has 24 heavy (non-hydrogen) atoms. The fraction of sp³-hybridized carbons (Fsp3) is 0.263. The number of piperazine rings is 1. The predicted molar refractivity (Wildman–Crippen MR) is 99.7 cm³/mol. The number of likely N-dealkylation sites (N-methyl/N-ethyl adjacent to an activating group) is 1. The summed E-state index contributed by atoms with van der Waals surface area (Å²) >= 11 is 6.61. The smallest absolute Gasteiger partial charge is 0.0964 e. The first-order chi connectivity index (χ1) is 11.7. The van der Waals surface area contributed by atoms with Crippen LogP contribution in [0.1, 0.15) is 0 Å². The summed E-state index contributed by atoms with van der Waals surface area (Å²) in [5.41, 5.74) is 5.05. The molecule has 0 N–H and O–H groups in total. The van der Waals surface area contributed by atoms with Crippen molar-refractivity contribution in [2.75, 3.05) is 38.1 Å². The van der Waals surface area contributed by atoms with Crippen molar-refractivity contribution >= 4 is 28.3 Å². The second-order valence-electron chi connectivity index (χ2n) is 6.19. The minimum Gasteiger partial charge on any atom is -0.368 e. The highest BCUT2D eigenvalue weighted by molar-refractivity contribution is 6.33. The van der Waals surface area contributed by atoms with Crippen molar-refractivity contribution < 1.29 is 0 Å². The molecule has 0 atom stereocenters. The highest BCUT2D eigenvalue weighted by Crippen LogP contribution is 2.33. The van der Waals surface area contributed by atoms with E-state index >= 15 is 0 Å². The number of benzene rings is 1. The first-order valence-electron chi connectivity index (χ1n) is 8.15. The minimum absolute atomic E-state index is 0.790. The van der Waals surface area contributed by atoms with E-state index < -0.39 is 0 Å². The van der Waals surface area contributed by atoms with Gasteiger partial charge in [0.2, 0.25) is 0 Å². The third kappa shape index (κ3) is 2.83. The molecule has 5 heteroatoms. The molecule has 1 aliphatic heterocycles. The Morgan fingerprint density at radius 3 is 2.58 bits per heavy atom. The summed E-state index contributed by atoms with van der Waals surface area (Å²) in [6, 6.07) is 12.2. The van der Waals surface area contributed by atoms with Crippen molar-refractivity contribution in [3.63, 3.8) is 0 Å². The molecule has 1 aliphatic rings. The maximum absolute atomic E-state index is 6.61. The summed E-state index contributed by atoms with van der Waals surface area (Å²) in [5.74, 6) is 0. The second kappa shape index (κ2) is 6.38. The van der Waals surface area contributed by atoms with Crippen molar-refractivity contribution in [1.29, 1.82) is 0 Å². The van der Waals surface area contributed by atoms with Crippen LogP contribution in [-0.4, -0.2) is 48.1 Å². The fourth-order valence-corrected chi connectivity index (χ4v) is 3.49. The Kier molecular flexibility index (Phi) is 4.08. The third-order valence-corrected chi connectivity index (χ3v) is 4.90. The topological polar surface area (TPSA) is 32.3 Å². The molecule has 4 rings (SSSR count). The number of aromatic nitrogens is 2. The van der Waals surface area contributed by atoms with Crippen LogP contribution in [-0.2, 0) is 0 Å². The molecular formula is C19H19ClN4.